The van der Waals surface area contributed by atoms with Crippen LogP contribution in [-0.2, 0) is 38.0 Å². The highest BCUT2D eigenvalue weighted by molar-refractivity contribution is 6.06. The highest BCUT2D eigenvalue weighted by atomic mass is 16.5. The molecule has 3 aromatic carbocycles. The Morgan fingerprint density at radius 1 is 0.525 bits per heavy atom. The highest BCUT2D eigenvalue weighted by Crippen LogP contribution is 2.99. The molecule has 0 amide bonds. The first-order valence-corrected chi connectivity index (χ1v) is 21.7. The van der Waals surface area contributed by atoms with Gasteiger partial charge < -0.3 is 37.9 Å². The van der Waals surface area contributed by atoms with E-state index < -0.39 is 11.9 Å². The summed E-state index contributed by atoms with van der Waals surface area (Å²) in [6, 6.07) is 13.1. The van der Waals surface area contributed by atoms with Crippen molar-refractivity contribution < 1.29 is 47.5 Å². The zero-order valence-electron chi connectivity index (χ0n) is 35.4. The van der Waals surface area contributed by atoms with Crippen LogP contribution in [0, 0.1) is 80.8 Å². The van der Waals surface area contributed by atoms with Gasteiger partial charge in [-0.15, -0.1) is 0 Å². The SMILES string of the molecule is COC[C@@]12C3C([C@@H]4C[C@H]3c3c4c(OC)c4cc5ccccc5cc4c3OC)[C@]1(COC)[C@H]1C[C@@H]2C2C1[C@]1(COC)[C@H]3C[C@H](C4C(C(=O)OC)=C(C(=O)OC)C43)[C@]21COC. The van der Waals surface area contributed by atoms with E-state index in [2.05, 4.69) is 36.4 Å². The van der Waals surface area contributed by atoms with Crippen molar-refractivity contribution >= 4 is 33.5 Å². The number of methoxy groups -OCH3 is 8. The molecule has 9 aliphatic carbocycles. The van der Waals surface area contributed by atoms with Crippen LogP contribution in [0.15, 0.2) is 47.5 Å². The quantitative estimate of drug-likeness (QED) is 0.0840. The molecule has 0 aromatic heterocycles. The molecule has 7 saturated carbocycles. The monoisotopic (exact) mass is 804 g/mol. The van der Waals surface area contributed by atoms with E-state index in [1.54, 1.807) is 0 Å². The molecule has 59 heavy (non-hydrogen) atoms. The van der Waals surface area contributed by atoms with Crippen LogP contribution in [0.4, 0.5) is 0 Å². The van der Waals surface area contributed by atoms with E-state index in [-0.39, 0.29) is 45.3 Å². The van der Waals surface area contributed by atoms with E-state index in [1.807, 2.05) is 42.7 Å². The van der Waals surface area contributed by atoms with E-state index in [9.17, 15) is 9.59 Å². The third-order valence-electron chi connectivity index (χ3n) is 19.6. The number of ether oxygens (including phenoxy) is 8. The van der Waals surface area contributed by atoms with Crippen LogP contribution in [0.5, 0.6) is 11.5 Å². The number of hydrogen-bond acceptors (Lipinski definition) is 10. The average Bonchev–Trinajstić information content (AvgIpc) is 4.04. The molecule has 7 fully saturated rings. The molecule has 0 spiro atoms. The zero-order chi connectivity index (χ0) is 40.7. The van der Waals surface area contributed by atoms with Gasteiger partial charge in [0, 0.05) is 83.8 Å². The predicted octanol–water partition coefficient (Wildman–Crippen LogP) is 6.81. The Morgan fingerprint density at radius 2 is 0.898 bits per heavy atom. The molecule has 6 unspecified atom stereocenters. The second kappa shape index (κ2) is 12.0. The van der Waals surface area contributed by atoms with Crippen molar-refractivity contribution in [3.8, 4) is 11.5 Å². The number of hydrogen-bond donors (Lipinski definition) is 0. The Labute approximate surface area is 345 Å². The van der Waals surface area contributed by atoms with E-state index in [0.717, 1.165) is 41.5 Å². The van der Waals surface area contributed by atoms with E-state index in [4.69, 9.17) is 37.9 Å². The number of carbonyl (C=O) groups is 2. The van der Waals surface area contributed by atoms with Crippen LogP contribution in [0.25, 0.3) is 21.5 Å². The number of esters is 2. The fraction of sp³-hybridized carbons (Fsp3) is 0.633. The van der Waals surface area contributed by atoms with Gasteiger partial charge >= 0.3 is 11.9 Å². The maximum Gasteiger partial charge on any atom is 0.334 e. The van der Waals surface area contributed by atoms with Gasteiger partial charge in [0.25, 0.3) is 0 Å². The van der Waals surface area contributed by atoms with Crippen LogP contribution >= 0.6 is 0 Å². The Morgan fingerprint density at radius 3 is 1.25 bits per heavy atom. The van der Waals surface area contributed by atoms with Crippen LogP contribution in [-0.4, -0.2) is 95.2 Å². The summed E-state index contributed by atoms with van der Waals surface area (Å²) < 4.78 is 49.7. The van der Waals surface area contributed by atoms with Gasteiger partial charge in [0.15, 0.2) is 0 Å². The van der Waals surface area contributed by atoms with E-state index >= 15 is 0 Å². The lowest BCUT2D eigenvalue weighted by Gasteiger charge is -2.83. The number of carbonyl (C=O) groups excluding carboxylic acids is 2. The van der Waals surface area contributed by atoms with Crippen molar-refractivity contribution in [2.75, 3.05) is 83.3 Å². The van der Waals surface area contributed by atoms with Gasteiger partial charge in [0.2, 0.25) is 0 Å². The molecule has 9 aliphatic rings. The largest absolute Gasteiger partial charge is 0.496 e. The smallest absolute Gasteiger partial charge is 0.334 e. The van der Waals surface area contributed by atoms with Crippen molar-refractivity contribution in [3.63, 3.8) is 0 Å². The molecule has 0 radical (unpaired) electrons. The van der Waals surface area contributed by atoms with Gasteiger partial charge in [-0.1, -0.05) is 24.3 Å². The minimum atomic E-state index is -0.407. The number of benzene rings is 3. The van der Waals surface area contributed by atoms with Gasteiger partial charge in [-0.3, -0.25) is 0 Å². The molecule has 0 aliphatic heterocycles. The zero-order valence-corrected chi connectivity index (χ0v) is 35.4. The molecule has 10 heteroatoms. The summed E-state index contributed by atoms with van der Waals surface area (Å²) >= 11 is 0. The number of rotatable bonds is 12. The second-order valence-electron chi connectivity index (χ2n) is 19.8. The van der Waals surface area contributed by atoms with E-state index in [0.29, 0.717) is 84.9 Å². The summed E-state index contributed by atoms with van der Waals surface area (Å²) in [5, 5.41) is 4.61. The first kappa shape index (κ1) is 37.1. The van der Waals surface area contributed by atoms with E-state index in [1.165, 1.54) is 36.1 Å². The maximum atomic E-state index is 13.6. The summed E-state index contributed by atoms with van der Waals surface area (Å²) in [7, 11) is 14.0. The standard InChI is InChI=1S/C49H56O10/c1-52-18-46-28-16-29(35-34(28)36(44(50)58-7)37(35)45(51)59-8)47(46,19-53-2)41-31-17-30(40(41)46)48(20-54-3)38-26-15-27(39(38)49(31,48)21-55-4)33-32(26)42(56-5)24-13-22-11-9-10-12-23(22)14-25(24)43(33)57-6/h9-14,26-31,34-35,38-41H,15-21H2,1-8H3/t26-,27+,28+,29-,30+,31-,34?,35?,38?,39?,40?,41?,46+,47-,48+,49-. The fourth-order valence-electron chi connectivity index (χ4n) is 19.4. The lowest BCUT2D eigenvalue weighted by atomic mass is 9.20. The molecular formula is C49H56O10. The Balaban J connectivity index is 1.06. The Bertz CT molecular complexity index is 2250. The maximum absolute atomic E-state index is 13.6. The molecule has 3 aromatic rings. The molecule has 0 N–H and O–H groups in total. The average molecular weight is 805 g/mol. The minimum absolute atomic E-state index is 0.0616. The van der Waals surface area contributed by atoms with Crippen molar-refractivity contribution in [2.45, 2.75) is 31.1 Å². The third-order valence-corrected chi connectivity index (χ3v) is 19.6. The molecular weight excluding hydrogens is 749 g/mol. The fourth-order valence-corrected chi connectivity index (χ4v) is 19.4. The number of fused-ring (bicyclic) bond motifs is 30. The molecule has 6 bridgehead atoms. The van der Waals surface area contributed by atoms with Crippen LogP contribution < -0.4 is 9.47 Å². The lowest BCUT2D eigenvalue weighted by Crippen LogP contribution is -2.84. The summed E-state index contributed by atoms with van der Waals surface area (Å²) in [6.45, 7) is 2.56. The highest BCUT2D eigenvalue weighted by Gasteiger charge is 2.98. The summed E-state index contributed by atoms with van der Waals surface area (Å²) in [6.07, 6.45) is 3.11. The van der Waals surface area contributed by atoms with Crippen molar-refractivity contribution in [1.82, 2.24) is 0 Å². The first-order valence-electron chi connectivity index (χ1n) is 21.7. The van der Waals surface area contributed by atoms with Crippen LogP contribution in [0.1, 0.15) is 42.2 Å². The molecule has 312 valence electrons. The summed E-state index contributed by atoms with van der Waals surface area (Å²) in [4.78, 5) is 27.2. The van der Waals surface area contributed by atoms with Crippen LogP contribution in [0.3, 0.4) is 0 Å². The normalized spacial score (nSPS) is 43.9. The molecule has 12 rings (SSSR count). The van der Waals surface area contributed by atoms with Gasteiger partial charge in [-0.2, -0.15) is 0 Å². The summed E-state index contributed by atoms with van der Waals surface area (Å²) in [5.41, 5.74) is 3.03. The topological polar surface area (TPSA) is 108 Å². The molecule has 16 atom stereocenters. The van der Waals surface area contributed by atoms with Crippen LogP contribution in [0.2, 0.25) is 0 Å². The second-order valence-corrected chi connectivity index (χ2v) is 19.8. The first-order chi connectivity index (χ1) is 28.7. The van der Waals surface area contributed by atoms with Crippen molar-refractivity contribution in [2.24, 2.45) is 80.8 Å². The minimum Gasteiger partial charge on any atom is -0.496 e. The third kappa shape index (κ3) is 3.52. The molecule has 0 heterocycles. The molecule has 0 saturated heterocycles. The van der Waals surface area contributed by atoms with Gasteiger partial charge in [-0.25, -0.2) is 9.59 Å². The Hall–Kier alpha value is -3.70. The summed E-state index contributed by atoms with van der Waals surface area (Å²) in [5.74, 6) is 4.23. The van der Waals surface area contributed by atoms with Gasteiger partial charge in [0.05, 0.1) is 66.0 Å². The Kier molecular flexibility index (Phi) is 7.56. The predicted molar refractivity (Wildman–Crippen MR) is 217 cm³/mol. The van der Waals surface area contributed by atoms with Gasteiger partial charge in [-0.05, 0) is 101 Å². The van der Waals surface area contributed by atoms with Gasteiger partial charge in [0.1, 0.15) is 11.5 Å². The molecule has 10 nitrogen and oxygen atoms in total. The van der Waals surface area contributed by atoms with Crippen molar-refractivity contribution in [1.29, 1.82) is 0 Å². The van der Waals surface area contributed by atoms with Crippen molar-refractivity contribution in [3.05, 3.63) is 58.7 Å². The lowest BCUT2D eigenvalue weighted by molar-refractivity contribution is -0.387.